The van der Waals surface area contributed by atoms with Crippen LogP contribution in [0.5, 0.6) is 0 Å². The molecule has 3 nitrogen and oxygen atoms in total. The van der Waals surface area contributed by atoms with E-state index >= 15 is 0 Å². The third-order valence-electron chi connectivity index (χ3n) is 2.64. The zero-order chi connectivity index (χ0) is 10.7. The Morgan fingerprint density at radius 2 is 2.07 bits per heavy atom. The molecule has 0 fully saturated rings. The van der Waals surface area contributed by atoms with Crippen molar-refractivity contribution in [2.75, 3.05) is 0 Å². The Bertz CT molecular complexity index is 289. The Balaban J connectivity index is 2.60. The maximum absolute atomic E-state index is 6.07. The molecular formula is C11H21N3. The molecule has 0 aromatic carbocycles. The van der Waals surface area contributed by atoms with E-state index in [0.29, 0.717) is 5.92 Å². The van der Waals surface area contributed by atoms with Gasteiger partial charge in [-0.15, -0.1) is 0 Å². The van der Waals surface area contributed by atoms with Crippen molar-refractivity contribution in [1.29, 1.82) is 0 Å². The van der Waals surface area contributed by atoms with E-state index in [1.807, 2.05) is 20.2 Å². The number of rotatable bonds is 4. The van der Waals surface area contributed by atoms with Crippen molar-refractivity contribution in [2.45, 2.75) is 39.7 Å². The fourth-order valence-electron chi connectivity index (χ4n) is 1.50. The molecule has 0 radical (unpaired) electrons. The minimum atomic E-state index is 0.0797. The van der Waals surface area contributed by atoms with Gasteiger partial charge in [-0.05, 0) is 25.7 Å². The van der Waals surface area contributed by atoms with Crippen LogP contribution in [0.1, 0.15) is 44.2 Å². The molecule has 1 aromatic rings. The first-order valence-electron chi connectivity index (χ1n) is 5.26. The standard InChI is InChI=1S/C11H21N3/c1-8(2)5-6-10(12)11-13-7-9(3)14(11)4/h7-8,10H,5-6,12H2,1-4H3. The van der Waals surface area contributed by atoms with Crippen LogP contribution in [0.3, 0.4) is 0 Å². The van der Waals surface area contributed by atoms with E-state index < -0.39 is 0 Å². The lowest BCUT2D eigenvalue weighted by atomic mass is 10.0. The highest BCUT2D eigenvalue weighted by molar-refractivity contribution is 5.05. The molecule has 0 aliphatic carbocycles. The van der Waals surface area contributed by atoms with Gasteiger partial charge >= 0.3 is 0 Å². The maximum Gasteiger partial charge on any atom is 0.125 e. The lowest BCUT2D eigenvalue weighted by Crippen LogP contribution is -2.16. The summed E-state index contributed by atoms with van der Waals surface area (Å²) in [5.74, 6) is 1.71. The molecule has 1 aromatic heterocycles. The monoisotopic (exact) mass is 195 g/mol. The molecule has 1 heterocycles. The van der Waals surface area contributed by atoms with Gasteiger partial charge in [-0.3, -0.25) is 0 Å². The summed E-state index contributed by atoms with van der Waals surface area (Å²) in [6, 6.07) is 0.0797. The molecule has 0 aliphatic heterocycles. The van der Waals surface area contributed by atoms with E-state index in [4.69, 9.17) is 5.73 Å². The summed E-state index contributed by atoms with van der Waals surface area (Å²) in [6.45, 7) is 6.48. The van der Waals surface area contributed by atoms with Crippen LogP contribution in [-0.2, 0) is 7.05 Å². The van der Waals surface area contributed by atoms with Crippen molar-refractivity contribution >= 4 is 0 Å². The summed E-state index contributed by atoms with van der Waals surface area (Å²) < 4.78 is 2.07. The summed E-state index contributed by atoms with van der Waals surface area (Å²) in [6.07, 6.45) is 4.06. The van der Waals surface area contributed by atoms with Crippen molar-refractivity contribution in [3.8, 4) is 0 Å². The van der Waals surface area contributed by atoms with Gasteiger partial charge in [-0.2, -0.15) is 0 Å². The molecule has 0 amide bonds. The SMILES string of the molecule is Cc1cnc(C(N)CCC(C)C)n1C. The van der Waals surface area contributed by atoms with E-state index in [-0.39, 0.29) is 6.04 Å². The van der Waals surface area contributed by atoms with Crippen molar-refractivity contribution in [3.05, 3.63) is 17.7 Å². The number of imidazole rings is 1. The van der Waals surface area contributed by atoms with Gasteiger partial charge < -0.3 is 10.3 Å². The van der Waals surface area contributed by atoms with E-state index in [0.717, 1.165) is 18.7 Å². The molecule has 2 N–H and O–H groups in total. The van der Waals surface area contributed by atoms with Gasteiger partial charge in [0.05, 0.1) is 6.04 Å². The predicted octanol–water partition coefficient (Wildman–Crippen LogP) is 2.16. The fourth-order valence-corrected chi connectivity index (χ4v) is 1.50. The third-order valence-corrected chi connectivity index (χ3v) is 2.64. The van der Waals surface area contributed by atoms with Gasteiger partial charge in [-0.1, -0.05) is 13.8 Å². The van der Waals surface area contributed by atoms with Gasteiger partial charge in [-0.25, -0.2) is 4.98 Å². The van der Waals surface area contributed by atoms with E-state index in [1.165, 1.54) is 5.69 Å². The van der Waals surface area contributed by atoms with Gasteiger partial charge in [0.15, 0.2) is 0 Å². The van der Waals surface area contributed by atoms with Gasteiger partial charge in [0, 0.05) is 18.9 Å². The van der Waals surface area contributed by atoms with Crippen molar-refractivity contribution in [3.63, 3.8) is 0 Å². The van der Waals surface area contributed by atoms with Crippen molar-refractivity contribution in [2.24, 2.45) is 18.7 Å². The van der Waals surface area contributed by atoms with E-state index in [1.54, 1.807) is 0 Å². The Labute approximate surface area is 86.3 Å². The van der Waals surface area contributed by atoms with Crippen LogP contribution < -0.4 is 5.73 Å². The fraction of sp³-hybridized carbons (Fsp3) is 0.727. The Morgan fingerprint density at radius 1 is 1.43 bits per heavy atom. The molecule has 0 aliphatic rings. The van der Waals surface area contributed by atoms with Crippen LogP contribution in [0.25, 0.3) is 0 Å². The summed E-state index contributed by atoms with van der Waals surface area (Å²) in [5.41, 5.74) is 7.24. The predicted molar refractivity (Wildman–Crippen MR) is 58.9 cm³/mol. The lowest BCUT2D eigenvalue weighted by molar-refractivity contribution is 0.486. The van der Waals surface area contributed by atoms with Gasteiger partial charge in [0.1, 0.15) is 5.82 Å². The highest BCUT2D eigenvalue weighted by atomic mass is 15.1. The number of aromatic nitrogens is 2. The average Bonchev–Trinajstić information content (AvgIpc) is 2.44. The summed E-state index contributed by atoms with van der Waals surface area (Å²) in [4.78, 5) is 4.33. The summed E-state index contributed by atoms with van der Waals surface area (Å²) >= 11 is 0. The number of hydrogen-bond acceptors (Lipinski definition) is 2. The second kappa shape index (κ2) is 4.60. The molecule has 0 saturated heterocycles. The minimum absolute atomic E-state index is 0.0797. The van der Waals surface area contributed by atoms with Crippen LogP contribution in [0.15, 0.2) is 6.20 Å². The van der Waals surface area contributed by atoms with Crippen molar-refractivity contribution < 1.29 is 0 Å². The zero-order valence-corrected chi connectivity index (χ0v) is 9.62. The van der Waals surface area contributed by atoms with Gasteiger partial charge in [0.25, 0.3) is 0 Å². The van der Waals surface area contributed by atoms with E-state index in [9.17, 15) is 0 Å². The Kier molecular flexibility index (Phi) is 3.69. The molecule has 80 valence electrons. The zero-order valence-electron chi connectivity index (χ0n) is 9.62. The van der Waals surface area contributed by atoms with Gasteiger partial charge in [0.2, 0.25) is 0 Å². The molecule has 3 heteroatoms. The van der Waals surface area contributed by atoms with Crippen LogP contribution in [0.2, 0.25) is 0 Å². The lowest BCUT2D eigenvalue weighted by Gasteiger charge is -2.13. The maximum atomic E-state index is 6.07. The Morgan fingerprint density at radius 3 is 2.50 bits per heavy atom. The Hall–Kier alpha value is -0.830. The molecule has 0 spiro atoms. The molecule has 0 bridgehead atoms. The number of nitrogens with zero attached hydrogens (tertiary/aromatic N) is 2. The minimum Gasteiger partial charge on any atom is -0.334 e. The first kappa shape index (κ1) is 11.2. The second-order valence-corrected chi connectivity index (χ2v) is 4.39. The molecule has 14 heavy (non-hydrogen) atoms. The normalized spacial score (nSPS) is 13.6. The van der Waals surface area contributed by atoms with E-state index in [2.05, 4.69) is 23.4 Å². The summed E-state index contributed by atoms with van der Waals surface area (Å²) in [7, 11) is 2.02. The first-order chi connectivity index (χ1) is 6.52. The molecule has 1 rings (SSSR count). The number of hydrogen-bond donors (Lipinski definition) is 1. The van der Waals surface area contributed by atoms with Crippen molar-refractivity contribution in [1.82, 2.24) is 9.55 Å². The quantitative estimate of drug-likeness (QED) is 0.800. The highest BCUT2D eigenvalue weighted by Gasteiger charge is 2.12. The number of nitrogens with two attached hydrogens (primary N) is 1. The summed E-state index contributed by atoms with van der Waals surface area (Å²) in [5, 5.41) is 0. The van der Waals surface area contributed by atoms with Crippen LogP contribution >= 0.6 is 0 Å². The average molecular weight is 195 g/mol. The third kappa shape index (κ3) is 2.58. The number of aryl methyl sites for hydroxylation is 1. The molecule has 1 atom stereocenters. The largest absolute Gasteiger partial charge is 0.334 e. The smallest absolute Gasteiger partial charge is 0.125 e. The first-order valence-corrected chi connectivity index (χ1v) is 5.26. The highest BCUT2D eigenvalue weighted by Crippen LogP contribution is 2.17. The van der Waals surface area contributed by atoms with Crippen LogP contribution in [0.4, 0.5) is 0 Å². The molecular weight excluding hydrogens is 174 g/mol. The second-order valence-electron chi connectivity index (χ2n) is 4.39. The molecule has 1 unspecified atom stereocenters. The van der Waals surface area contributed by atoms with Crippen LogP contribution in [0, 0.1) is 12.8 Å². The molecule has 0 saturated carbocycles. The van der Waals surface area contributed by atoms with Crippen LogP contribution in [-0.4, -0.2) is 9.55 Å². The topological polar surface area (TPSA) is 43.8 Å².